The van der Waals surface area contributed by atoms with Crippen molar-refractivity contribution in [2.24, 2.45) is 14.1 Å². The van der Waals surface area contributed by atoms with Gasteiger partial charge in [-0.2, -0.15) is 31.4 Å². The first-order valence-corrected chi connectivity index (χ1v) is 11.1. The molecule has 3 heterocycles. The van der Waals surface area contributed by atoms with E-state index in [9.17, 15) is 31.1 Å². The Morgan fingerprint density at radius 2 is 1.77 bits per heavy atom. The van der Waals surface area contributed by atoms with Crippen LogP contribution in [0.25, 0.3) is 22.4 Å². The molecule has 0 radical (unpaired) electrons. The van der Waals surface area contributed by atoms with Crippen LogP contribution in [0.4, 0.5) is 26.3 Å². The molecule has 13 heteroatoms. The first kappa shape index (κ1) is 26.4. The van der Waals surface area contributed by atoms with Gasteiger partial charge in [0, 0.05) is 30.8 Å². The molecule has 0 saturated heterocycles. The van der Waals surface area contributed by atoms with Gasteiger partial charge in [0.05, 0.1) is 5.70 Å². The number of thioether (sulfide) groups is 1. The number of alkyl halides is 6. The van der Waals surface area contributed by atoms with Gasteiger partial charge >= 0.3 is 12.4 Å². The molecule has 188 valence electrons. The lowest BCUT2D eigenvalue weighted by atomic mass is 10.2. The van der Waals surface area contributed by atoms with E-state index in [-0.39, 0.29) is 16.9 Å². The number of halogens is 6. The smallest absolute Gasteiger partial charge is 0.313 e. The molecule has 3 aromatic heterocycles. The molecule has 35 heavy (non-hydrogen) atoms. The molecule has 0 atom stereocenters. The van der Waals surface area contributed by atoms with E-state index in [2.05, 4.69) is 16.7 Å². The average Bonchev–Trinajstić information content (AvgIpc) is 3.37. The second kappa shape index (κ2) is 9.44. The van der Waals surface area contributed by atoms with Crippen LogP contribution in [-0.4, -0.2) is 29.7 Å². The molecule has 0 aliphatic rings. The molecule has 0 bridgehead atoms. The van der Waals surface area contributed by atoms with Crippen molar-refractivity contribution in [3.8, 4) is 0 Å². The van der Waals surface area contributed by atoms with Gasteiger partial charge in [0.15, 0.2) is 5.69 Å². The van der Waals surface area contributed by atoms with Crippen LogP contribution in [0.15, 0.2) is 46.8 Å². The minimum Gasteiger partial charge on any atom is -0.313 e. The minimum atomic E-state index is -4.82. The first-order valence-electron chi connectivity index (χ1n) is 10.1. The summed E-state index contributed by atoms with van der Waals surface area (Å²) < 4.78 is 81.7. The predicted octanol–water partition coefficient (Wildman–Crippen LogP) is 5.72. The van der Waals surface area contributed by atoms with E-state index in [0.717, 1.165) is 27.6 Å². The van der Waals surface area contributed by atoms with Crippen molar-refractivity contribution in [1.29, 1.82) is 0 Å². The molecule has 0 N–H and O–H groups in total. The summed E-state index contributed by atoms with van der Waals surface area (Å²) in [5, 5.41) is 3.47. The number of nitrogens with zero attached hydrogens (tertiary/aromatic N) is 5. The maximum absolute atomic E-state index is 13.3. The van der Waals surface area contributed by atoms with E-state index in [0.29, 0.717) is 22.1 Å². The van der Waals surface area contributed by atoms with E-state index in [1.165, 1.54) is 29.5 Å². The fraction of sp³-hybridized carbons (Fsp3) is 0.318. The standard InChI is InChI=1S/C22H21F6N5OS/c1-6-35-16(8-7-12(2)33-10-9-17(30-33)22(26,27)28)13(3)18-29-15-11-14(21(23,24)25)20(34)32(5)19(15)31(18)4/h7-11H,2,6H2,1,3-5H3/b8-7-,16-13-. The molecule has 0 fully saturated rings. The second-order valence-electron chi connectivity index (χ2n) is 7.51. The third kappa shape index (κ3) is 5.24. The van der Waals surface area contributed by atoms with Crippen LogP contribution in [0.3, 0.4) is 0 Å². The Hall–Kier alpha value is -3.22. The van der Waals surface area contributed by atoms with Gasteiger partial charge < -0.3 is 4.57 Å². The Labute approximate surface area is 200 Å². The predicted molar refractivity (Wildman–Crippen MR) is 123 cm³/mol. The molecule has 3 rings (SSSR count). The maximum Gasteiger partial charge on any atom is 0.435 e. The number of aromatic nitrogens is 5. The lowest BCUT2D eigenvalue weighted by Gasteiger charge is -2.11. The first-order chi connectivity index (χ1) is 16.2. The van der Waals surface area contributed by atoms with Gasteiger partial charge in [-0.15, -0.1) is 11.8 Å². The maximum atomic E-state index is 13.3. The Bertz CT molecular complexity index is 1400. The van der Waals surface area contributed by atoms with Crippen LogP contribution in [0.1, 0.15) is 30.9 Å². The Morgan fingerprint density at radius 1 is 1.11 bits per heavy atom. The van der Waals surface area contributed by atoms with Gasteiger partial charge in [0.2, 0.25) is 0 Å². The monoisotopic (exact) mass is 517 g/mol. The summed E-state index contributed by atoms with van der Waals surface area (Å²) in [5.41, 5.74) is -2.56. The zero-order valence-corrected chi connectivity index (χ0v) is 19.9. The summed E-state index contributed by atoms with van der Waals surface area (Å²) in [5.74, 6) is 0.961. The van der Waals surface area contributed by atoms with E-state index >= 15 is 0 Å². The fourth-order valence-electron chi connectivity index (χ4n) is 3.45. The largest absolute Gasteiger partial charge is 0.435 e. The van der Waals surface area contributed by atoms with Crippen molar-refractivity contribution < 1.29 is 26.3 Å². The molecule has 0 aliphatic carbocycles. The number of rotatable bonds is 6. The average molecular weight is 517 g/mol. The highest BCUT2D eigenvalue weighted by molar-refractivity contribution is 8.03. The number of fused-ring (bicyclic) bond motifs is 1. The van der Waals surface area contributed by atoms with Gasteiger partial charge in [-0.1, -0.05) is 13.5 Å². The number of pyridine rings is 1. The number of aryl methyl sites for hydroxylation is 2. The van der Waals surface area contributed by atoms with Crippen LogP contribution in [0.5, 0.6) is 0 Å². The highest BCUT2D eigenvalue weighted by Crippen LogP contribution is 2.32. The molecule has 6 nitrogen and oxygen atoms in total. The van der Waals surface area contributed by atoms with Crippen LogP contribution in [0.2, 0.25) is 0 Å². The molecule has 0 spiro atoms. The zero-order chi connectivity index (χ0) is 26.3. The van der Waals surface area contributed by atoms with Crippen molar-refractivity contribution in [1.82, 2.24) is 23.9 Å². The summed E-state index contributed by atoms with van der Waals surface area (Å²) >= 11 is 1.40. The number of hydrogen-bond acceptors (Lipinski definition) is 4. The van der Waals surface area contributed by atoms with Gasteiger partial charge in [-0.25, -0.2) is 9.67 Å². The lowest BCUT2D eigenvalue weighted by molar-refractivity contribution is -0.141. The van der Waals surface area contributed by atoms with Crippen LogP contribution in [-0.2, 0) is 26.4 Å². The summed E-state index contributed by atoms with van der Waals surface area (Å²) in [6.07, 6.45) is -5.16. The Kier molecular flexibility index (Phi) is 7.12. The fourth-order valence-corrected chi connectivity index (χ4v) is 4.23. The van der Waals surface area contributed by atoms with Crippen molar-refractivity contribution >= 4 is 34.2 Å². The molecule has 0 aromatic carbocycles. The number of allylic oxidation sites excluding steroid dienone is 4. The van der Waals surface area contributed by atoms with E-state index in [1.54, 1.807) is 20.0 Å². The summed E-state index contributed by atoms with van der Waals surface area (Å²) in [4.78, 5) is 17.3. The third-order valence-corrected chi connectivity index (χ3v) is 6.18. The van der Waals surface area contributed by atoms with Crippen LogP contribution >= 0.6 is 11.8 Å². The molecule has 0 unspecified atom stereocenters. The molecule has 0 saturated carbocycles. The Morgan fingerprint density at radius 3 is 2.31 bits per heavy atom. The normalized spacial score (nSPS) is 13.7. The van der Waals surface area contributed by atoms with Gasteiger partial charge in [-0.3, -0.25) is 9.36 Å². The number of hydrogen-bond donors (Lipinski definition) is 0. The molecular weight excluding hydrogens is 496 g/mol. The summed E-state index contributed by atoms with van der Waals surface area (Å²) in [7, 11) is 2.83. The minimum absolute atomic E-state index is 0.00161. The topological polar surface area (TPSA) is 57.6 Å². The Balaban J connectivity index is 2.06. The molecule has 0 amide bonds. The van der Waals surface area contributed by atoms with E-state index in [4.69, 9.17) is 0 Å². The second-order valence-corrected chi connectivity index (χ2v) is 8.82. The summed E-state index contributed by atoms with van der Waals surface area (Å²) in [6.45, 7) is 7.34. The quantitative estimate of drug-likeness (QED) is 0.310. The molecule has 0 aliphatic heterocycles. The SMILES string of the molecule is C=C(/C=C\C(SCC)=C(/C)c1nc2cc(C(F)(F)F)c(=O)n(C)c2n1C)n1ccc(C(F)(F)F)n1. The lowest BCUT2D eigenvalue weighted by Crippen LogP contribution is -2.27. The van der Waals surface area contributed by atoms with Crippen LogP contribution < -0.4 is 5.56 Å². The van der Waals surface area contributed by atoms with Crippen molar-refractivity contribution in [2.45, 2.75) is 26.2 Å². The molecule has 3 aromatic rings. The summed E-state index contributed by atoms with van der Waals surface area (Å²) in [6, 6.07) is 1.56. The van der Waals surface area contributed by atoms with Crippen molar-refractivity contribution in [3.63, 3.8) is 0 Å². The number of imidazole rings is 1. The van der Waals surface area contributed by atoms with E-state index < -0.39 is 29.2 Å². The third-order valence-electron chi connectivity index (χ3n) is 5.14. The van der Waals surface area contributed by atoms with Gasteiger partial charge in [0.1, 0.15) is 22.6 Å². The van der Waals surface area contributed by atoms with Crippen LogP contribution in [0, 0.1) is 0 Å². The molecular formula is C22H21F6N5OS. The highest BCUT2D eigenvalue weighted by atomic mass is 32.2. The zero-order valence-electron chi connectivity index (χ0n) is 19.1. The van der Waals surface area contributed by atoms with E-state index in [1.807, 2.05) is 6.92 Å². The highest BCUT2D eigenvalue weighted by Gasteiger charge is 2.36. The van der Waals surface area contributed by atoms with Gasteiger partial charge in [0.25, 0.3) is 5.56 Å². The van der Waals surface area contributed by atoms with Gasteiger partial charge in [-0.05, 0) is 37.0 Å². The van der Waals surface area contributed by atoms with Crippen molar-refractivity contribution in [2.75, 3.05) is 5.75 Å². The van der Waals surface area contributed by atoms with Crippen molar-refractivity contribution in [3.05, 3.63) is 69.4 Å².